The second-order valence-corrected chi connectivity index (χ2v) is 5.62. The quantitative estimate of drug-likeness (QED) is 0.686. The minimum absolute atomic E-state index is 0.0516. The van der Waals surface area contributed by atoms with Crippen LogP contribution in [0, 0.1) is 0 Å². The summed E-state index contributed by atoms with van der Waals surface area (Å²) >= 11 is 0. The Kier molecular flexibility index (Phi) is 4.41. The first kappa shape index (κ1) is 17.9. The van der Waals surface area contributed by atoms with Crippen molar-refractivity contribution in [2.24, 2.45) is 0 Å². The van der Waals surface area contributed by atoms with Crippen molar-refractivity contribution in [1.29, 1.82) is 0 Å². The summed E-state index contributed by atoms with van der Waals surface area (Å²) in [6.07, 6.45) is -4.10. The number of phenolic OH excluding ortho intramolecular Hbond substituents is 1. The van der Waals surface area contributed by atoms with Crippen LogP contribution in [-0.4, -0.2) is 28.4 Å². The van der Waals surface area contributed by atoms with Crippen molar-refractivity contribution in [3.8, 4) is 17.2 Å². The summed E-state index contributed by atoms with van der Waals surface area (Å²) < 4.78 is 44.3. The van der Waals surface area contributed by atoms with E-state index in [0.29, 0.717) is 17.6 Å². The molecule has 0 aliphatic rings. The molecule has 6 nitrogen and oxygen atoms in total. The van der Waals surface area contributed by atoms with Crippen molar-refractivity contribution in [2.45, 2.75) is 19.1 Å². The minimum Gasteiger partial charge on any atom is -0.506 e. The normalized spacial score (nSPS) is 13.1. The molecule has 0 aliphatic carbocycles. The van der Waals surface area contributed by atoms with Gasteiger partial charge >= 0.3 is 6.18 Å². The number of aldehydes is 1. The summed E-state index contributed by atoms with van der Waals surface area (Å²) in [5.41, 5.74) is -0.950. The van der Waals surface area contributed by atoms with Crippen LogP contribution in [0.3, 0.4) is 0 Å². The fraction of sp³-hybridized carbons (Fsp3) is 0.235. The predicted molar refractivity (Wildman–Crippen MR) is 86.8 cm³/mol. The highest BCUT2D eigenvalue weighted by atomic mass is 19.4. The van der Waals surface area contributed by atoms with E-state index >= 15 is 0 Å². The predicted octanol–water partition coefficient (Wildman–Crippen LogP) is 3.71. The van der Waals surface area contributed by atoms with E-state index in [1.165, 1.54) is 18.2 Å². The molecule has 26 heavy (non-hydrogen) atoms. The number of hydrogen-bond donors (Lipinski definition) is 2. The standard InChI is InChI=1S/C17H14F3N3O3/c1-8(21-2)15-11(7-24)22-16(26-15)10-3-5-12(25)14-9(10)4-6-13(23-14)17(18,19)20/h3-8,21,25H,1-2H3/t8-/m0/s1. The zero-order valence-corrected chi connectivity index (χ0v) is 13.8. The molecule has 0 fully saturated rings. The van der Waals surface area contributed by atoms with Gasteiger partial charge in [0.05, 0.1) is 6.04 Å². The van der Waals surface area contributed by atoms with Crippen LogP contribution < -0.4 is 5.32 Å². The van der Waals surface area contributed by atoms with Crippen LogP contribution in [0.15, 0.2) is 28.7 Å². The molecule has 0 unspecified atom stereocenters. The largest absolute Gasteiger partial charge is 0.506 e. The first-order valence-corrected chi connectivity index (χ1v) is 7.59. The molecule has 3 aromatic rings. The second kappa shape index (κ2) is 6.41. The van der Waals surface area contributed by atoms with Gasteiger partial charge in [-0.1, -0.05) is 0 Å². The molecule has 0 bridgehead atoms. The number of phenols is 1. The van der Waals surface area contributed by atoms with Gasteiger partial charge in [-0.25, -0.2) is 9.97 Å². The Morgan fingerprint density at radius 3 is 2.58 bits per heavy atom. The van der Waals surface area contributed by atoms with Crippen molar-refractivity contribution in [3.63, 3.8) is 0 Å². The number of fused-ring (bicyclic) bond motifs is 1. The van der Waals surface area contributed by atoms with Crippen LogP contribution in [0.4, 0.5) is 13.2 Å². The lowest BCUT2D eigenvalue weighted by molar-refractivity contribution is -0.140. The van der Waals surface area contributed by atoms with E-state index in [9.17, 15) is 23.1 Å². The molecule has 1 atom stereocenters. The topological polar surface area (TPSA) is 88.2 Å². The minimum atomic E-state index is -4.64. The van der Waals surface area contributed by atoms with Crippen LogP contribution in [0.2, 0.25) is 0 Å². The van der Waals surface area contributed by atoms with Gasteiger partial charge in [0.2, 0.25) is 5.89 Å². The summed E-state index contributed by atoms with van der Waals surface area (Å²) in [5, 5.41) is 13.1. The molecule has 0 aliphatic heterocycles. The number of carbonyl (C=O) groups is 1. The van der Waals surface area contributed by atoms with E-state index < -0.39 is 17.6 Å². The number of pyridine rings is 1. The van der Waals surface area contributed by atoms with E-state index in [1.807, 2.05) is 0 Å². The molecule has 2 N–H and O–H groups in total. The molecule has 0 saturated heterocycles. The van der Waals surface area contributed by atoms with Gasteiger partial charge in [-0.3, -0.25) is 4.79 Å². The monoisotopic (exact) mass is 365 g/mol. The molecular formula is C17H14F3N3O3. The molecular weight excluding hydrogens is 351 g/mol. The number of aromatic hydroxyl groups is 1. The van der Waals surface area contributed by atoms with Crippen molar-refractivity contribution >= 4 is 17.2 Å². The SMILES string of the molecule is CN[C@@H](C)c1oc(-c2ccc(O)c3nc(C(F)(F)F)ccc23)nc1C=O. The van der Waals surface area contributed by atoms with Gasteiger partial charge < -0.3 is 14.8 Å². The van der Waals surface area contributed by atoms with Crippen molar-refractivity contribution in [2.75, 3.05) is 7.05 Å². The summed E-state index contributed by atoms with van der Waals surface area (Å²) in [6, 6.07) is 4.35. The summed E-state index contributed by atoms with van der Waals surface area (Å²) in [5.74, 6) is -0.0461. The molecule has 2 heterocycles. The molecule has 1 aromatic carbocycles. The maximum absolute atomic E-state index is 12.9. The zero-order valence-electron chi connectivity index (χ0n) is 13.8. The highest BCUT2D eigenvalue weighted by Gasteiger charge is 2.33. The van der Waals surface area contributed by atoms with Crippen molar-refractivity contribution < 1.29 is 27.5 Å². The lowest BCUT2D eigenvalue weighted by Gasteiger charge is -2.09. The van der Waals surface area contributed by atoms with Gasteiger partial charge in [0.1, 0.15) is 22.7 Å². The Hall–Kier alpha value is -2.94. The molecule has 2 aromatic heterocycles. The van der Waals surface area contributed by atoms with E-state index in [4.69, 9.17) is 4.42 Å². The number of benzene rings is 1. The lowest BCUT2D eigenvalue weighted by atomic mass is 10.1. The Morgan fingerprint density at radius 1 is 1.23 bits per heavy atom. The number of oxazole rings is 1. The third-order valence-electron chi connectivity index (χ3n) is 3.98. The highest BCUT2D eigenvalue weighted by Crippen LogP contribution is 2.36. The number of nitrogens with one attached hydrogen (secondary N) is 1. The van der Waals surface area contributed by atoms with Gasteiger partial charge in [-0.15, -0.1) is 0 Å². The smallest absolute Gasteiger partial charge is 0.433 e. The molecule has 0 saturated carbocycles. The number of aromatic nitrogens is 2. The second-order valence-electron chi connectivity index (χ2n) is 5.62. The number of rotatable bonds is 4. The fourth-order valence-electron chi connectivity index (χ4n) is 2.53. The average Bonchev–Trinajstić information content (AvgIpc) is 3.04. The zero-order chi connectivity index (χ0) is 19.1. The third-order valence-corrected chi connectivity index (χ3v) is 3.98. The maximum atomic E-state index is 12.9. The van der Waals surface area contributed by atoms with Crippen LogP contribution in [0.25, 0.3) is 22.4 Å². The number of alkyl halides is 3. The van der Waals surface area contributed by atoms with Crippen molar-refractivity contribution in [3.05, 3.63) is 41.4 Å². The van der Waals surface area contributed by atoms with E-state index in [1.54, 1.807) is 14.0 Å². The average molecular weight is 365 g/mol. The molecule has 3 rings (SSSR count). The first-order valence-electron chi connectivity index (χ1n) is 7.59. The Labute approximate surface area is 145 Å². The van der Waals surface area contributed by atoms with Gasteiger partial charge in [0.25, 0.3) is 0 Å². The lowest BCUT2D eigenvalue weighted by Crippen LogP contribution is -2.13. The Morgan fingerprint density at radius 2 is 1.96 bits per heavy atom. The Bertz CT molecular complexity index is 983. The van der Waals surface area contributed by atoms with E-state index in [0.717, 1.165) is 6.07 Å². The first-order chi connectivity index (χ1) is 12.3. The molecule has 136 valence electrons. The van der Waals surface area contributed by atoms with Crippen molar-refractivity contribution in [1.82, 2.24) is 15.3 Å². The van der Waals surface area contributed by atoms with Crippen LogP contribution >= 0.6 is 0 Å². The number of nitrogens with zero attached hydrogens (tertiary/aromatic N) is 2. The molecule has 0 radical (unpaired) electrons. The van der Waals surface area contributed by atoms with Gasteiger partial charge in [-0.05, 0) is 38.2 Å². The molecule has 0 amide bonds. The number of carbonyl (C=O) groups excluding carboxylic acids is 1. The summed E-state index contributed by atoms with van der Waals surface area (Å²) in [7, 11) is 1.68. The van der Waals surface area contributed by atoms with Crippen LogP contribution in [-0.2, 0) is 6.18 Å². The summed E-state index contributed by atoms with van der Waals surface area (Å²) in [6.45, 7) is 1.77. The molecule has 9 heteroatoms. The maximum Gasteiger partial charge on any atom is 0.433 e. The third kappa shape index (κ3) is 3.01. The van der Waals surface area contributed by atoms with Gasteiger partial charge in [-0.2, -0.15) is 13.2 Å². The van der Waals surface area contributed by atoms with E-state index in [2.05, 4.69) is 15.3 Å². The van der Waals surface area contributed by atoms with Crippen LogP contribution in [0.1, 0.15) is 34.9 Å². The Balaban J connectivity index is 2.22. The van der Waals surface area contributed by atoms with Crippen LogP contribution in [0.5, 0.6) is 5.75 Å². The molecule has 0 spiro atoms. The van der Waals surface area contributed by atoms with Gasteiger partial charge in [0.15, 0.2) is 12.0 Å². The fourth-order valence-corrected chi connectivity index (χ4v) is 2.53. The van der Waals surface area contributed by atoms with Gasteiger partial charge in [0, 0.05) is 10.9 Å². The van der Waals surface area contributed by atoms with E-state index in [-0.39, 0.29) is 28.5 Å². The highest BCUT2D eigenvalue weighted by molar-refractivity contribution is 5.96. The summed E-state index contributed by atoms with van der Waals surface area (Å²) in [4.78, 5) is 18.9. The number of halogens is 3. The number of hydrogen-bond acceptors (Lipinski definition) is 6.